The van der Waals surface area contributed by atoms with Gasteiger partial charge in [0.1, 0.15) is 5.54 Å². The third-order valence-electron chi connectivity index (χ3n) is 7.89. The van der Waals surface area contributed by atoms with Crippen LogP contribution in [0, 0.1) is 0 Å². The molecule has 0 aromatic heterocycles. The number of likely N-dealkylation sites (tertiary alicyclic amines) is 1. The predicted octanol–water partition coefficient (Wildman–Crippen LogP) is 4.55. The Morgan fingerprint density at radius 1 is 0.938 bits per heavy atom. The summed E-state index contributed by atoms with van der Waals surface area (Å²) >= 11 is 0. The summed E-state index contributed by atoms with van der Waals surface area (Å²) in [5.74, 6) is 0.0405. The van der Waals surface area contributed by atoms with Crippen LogP contribution >= 0.6 is 0 Å². The van der Waals surface area contributed by atoms with E-state index in [1.54, 1.807) is 0 Å². The van der Waals surface area contributed by atoms with Crippen LogP contribution in [0.2, 0.25) is 0 Å². The molecule has 2 fully saturated rings. The van der Waals surface area contributed by atoms with Crippen molar-refractivity contribution in [3.8, 4) is 0 Å². The molecule has 2 amide bonds. The van der Waals surface area contributed by atoms with Gasteiger partial charge in [0.25, 0.3) is 5.91 Å². The largest absolute Gasteiger partial charge is 0.351 e. The lowest BCUT2D eigenvalue weighted by atomic mass is 9.82. The summed E-state index contributed by atoms with van der Waals surface area (Å²) in [7, 11) is 0. The molecule has 0 unspecified atom stereocenters. The zero-order chi connectivity index (χ0) is 22.4. The average molecular weight is 440 g/mol. The van der Waals surface area contributed by atoms with Gasteiger partial charge < -0.3 is 15.1 Å². The van der Waals surface area contributed by atoms with E-state index in [1.807, 2.05) is 36.1 Å². The number of benzene rings is 1. The first kappa shape index (κ1) is 23.3. The SMILES string of the molecule is C[C@]1(C(=O)NC2CCCCCCC2)Cc2ccccc2C(=O)N1CCN1CCCCCC1. The van der Waals surface area contributed by atoms with Gasteiger partial charge in [0.2, 0.25) is 5.91 Å². The van der Waals surface area contributed by atoms with Crippen molar-refractivity contribution in [3.63, 3.8) is 0 Å². The standard InChI is InChI=1S/C27H41N3O2/c1-27(26(32)28-23-14-7-3-2-4-8-15-23)21-22-13-9-10-16-24(22)25(31)30(27)20-19-29-17-11-5-6-12-18-29/h9-10,13,16,23H,2-8,11-12,14-15,17-21H2,1H3,(H,28,32)/t27-/m1/s1. The number of nitrogens with one attached hydrogen (secondary N) is 1. The number of carbonyl (C=O) groups is 2. The number of hydrogen-bond acceptors (Lipinski definition) is 3. The van der Waals surface area contributed by atoms with E-state index in [4.69, 9.17) is 0 Å². The Morgan fingerprint density at radius 2 is 1.56 bits per heavy atom. The van der Waals surface area contributed by atoms with Crippen molar-refractivity contribution in [3.05, 3.63) is 35.4 Å². The van der Waals surface area contributed by atoms with Crippen molar-refractivity contribution in [1.29, 1.82) is 0 Å². The third-order valence-corrected chi connectivity index (χ3v) is 7.89. The lowest BCUT2D eigenvalue weighted by Gasteiger charge is -2.45. The molecule has 1 atom stereocenters. The monoisotopic (exact) mass is 439 g/mol. The Kier molecular flexibility index (Phi) is 7.88. The smallest absolute Gasteiger partial charge is 0.255 e. The molecule has 1 saturated carbocycles. The molecular formula is C27H41N3O2. The Bertz CT molecular complexity index is 779. The maximum atomic E-state index is 13.7. The van der Waals surface area contributed by atoms with Crippen molar-refractivity contribution in [2.45, 2.75) is 95.6 Å². The molecule has 4 rings (SSSR count). The minimum Gasteiger partial charge on any atom is -0.351 e. The van der Waals surface area contributed by atoms with E-state index in [9.17, 15) is 9.59 Å². The second-order valence-corrected chi connectivity index (χ2v) is 10.3. The maximum absolute atomic E-state index is 13.7. The van der Waals surface area contributed by atoms with Crippen molar-refractivity contribution in [1.82, 2.24) is 15.1 Å². The fourth-order valence-electron chi connectivity index (χ4n) is 5.81. The molecule has 2 aliphatic heterocycles. The molecule has 5 nitrogen and oxygen atoms in total. The lowest BCUT2D eigenvalue weighted by Crippen LogP contribution is -2.64. The molecule has 5 heteroatoms. The summed E-state index contributed by atoms with van der Waals surface area (Å²) in [5.41, 5.74) is 0.929. The van der Waals surface area contributed by atoms with Gasteiger partial charge in [-0.05, 0) is 57.3 Å². The second-order valence-electron chi connectivity index (χ2n) is 10.3. The molecule has 0 radical (unpaired) electrons. The van der Waals surface area contributed by atoms with Crippen LogP contribution in [-0.4, -0.2) is 59.4 Å². The van der Waals surface area contributed by atoms with Gasteiger partial charge in [-0.2, -0.15) is 0 Å². The highest BCUT2D eigenvalue weighted by atomic mass is 16.2. The Morgan fingerprint density at radius 3 is 2.28 bits per heavy atom. The van der Waals surface area contributed by atoms with Crippen molar-refractivity contribution >= 4 is 11.8 Å². The number of amides is 2. The van der Waals surface area contributed by atoms with Gasteiger partial charge in [-0.15, -0.1) is 0 Å². The van der Waals surface area contributed by atoms with Crippen LogP contribution < -0.4 is 5.32 Å². The summed E-state index contributed by atoms with van der Waals surface area (Å²) < 4.78 is 0. The number of hydrogen-bond donors (Lipinski definition) is 1. The van der Waals surface area contributed by atoms with Crippen LogP contribution in [0.3, 0.4) is 0 Å². The van der Waals surface area contributed by atoms with Crippen LogP contribution in [-0.2, 0) is 11.2 Å². The van der Waals surface area contributed by atoms with Crippen molar-refractivity contribution < 1.29 is 9.59 Å². The van der Waals surface area contributed by atoms with Gasteiger partial charge in [0.15, 0.2) is 0 Å². The maximum Gasteiger partial charge on any atom is 0.255 e. The first-order valence-electron chi connectivity index (χ1n) is 13.0. The molecule has 1 saturated heterocycles. The molecule has 1 N–H and O–H groups in total. The highest BCUT2D eigenvalue weighted by Crippen LogP contribution is 2.32. The second kappa shape index (κ2) is 10.8. The predicted molar refractivity (Wildman–Crippen MR) is 129 cm³/mol. The highest BCUT2D eigenvalue weighted by Gasteiger charge is 2.47. The first-order valence-corrected chi connectivity index (χ1v) is 13.0. The van der Waals surface area contributed by atoms with Crippen LogP contribution in [0.1, 0.15) is 93.5 Å². The van der Waals surface area contributed by atoms with E-state index < -0.39 is 5.54 Å². The van der Waals surface area contributed by atoms with Crippen molar-refractivity contribution in [2.75, 3.05) is 26.2 Å². The van der Waals surface area contributed by atoms with Crippen LogP contribution in [0.25, 0.3) is 0 Å². The Balaban J connectivity index is 1.52. The zero-order valence-corrected chi connectivity index (χ0v) is 19.9. The van der Waals surface area contributed by atoms with Crippen LogP contribution in [0.5, 0.6) is 0 Å². The summed E-state index contributed by atoms with van der Waals surface area (Å²) in [6.07, 6.45) is 14.0. The quantitative estimate of drug-likeness (QED) is 0.732. The van der Waals surface area contributed by atoms with Gasteiger partial charge in [-0.1, -0.05) is 63.1 Å². The topological polar surface area (TPSA) is 52.7 Å². The summed E-state index contributed by atoms with van der Waals surface area (Å²) in [5, 5.41) is 3.38. The number of rotatable bonds is 5. The molecule has 1 aromatic rings. The minimum atomic E-state index is -0.834. The fourth-order valence-corrected chi connectivity index (χ4v) is 5.81. The molecule has 0 spiro atoms. The van der Waals surface area contributed by atoms with Gasteiger partial charge >= 0.3 is 0 Å². The van der Waals surface area contributed by atoms with Gasteiger partial charge in [-0.3, -0.25) is 9.59 Å². The molecule has 2 heterocycles. The number of fused-ring (bicyclic) bond motifs is 1. The number of nitrogens with zero attached hydrogens (tertiary/aromatic N) is 2. The third kappa shape index (κ3) is 5.36. The minimum absolute atomic E-state index is 0.0111. The average Bonchev–Trinajstić information content (AvgIpc) is 3.04. The van der Waals surface area contributed by atoms with Crippen LogP contribution in [0.4, 0.5) is 0 Å². The van der Waals surface area contributed by atoms with E-state index in [2.05, 4.69) is 10.2 Å². The van der Waals surface area contributed by atoms with E-state index in [1.165, 1.54) is 57.8 Å². The van der Waals surface area contributed by atoms with E-state index in [0.29, 0.717) is 13.0 Å². The molecule has 32 heavy (non-hydrogen) atoms. The van der Waals surface area contributed by atoms with Crippen LogP contribution in [0.15, 0.2) is 24.3 Å². The highest BCUT2D eigenvalue weighted by molar-refractivity contribution is 6.02. The zero-order valence-electron chi connectivity index (χ0n) is 19.9. The van der Waals surface area contributed by atoms with E-state index in [0.717, 1.165) is 43.6 Å². The summed E-state index contributed by atoms with van der Waals surface area (Å²) in [6, 6.07) is 8.08. The van der Waals surface area contributed by atoms with Gasteiger partial charge in [0, 0.05) is 31.1 Å². The van der Waals surface area contributed by atoms with E-state index in [-0.39, 0.29) is 17.9 Å². The molecule has 0 bridgehead atoms. The summed E-state index contributed by atoms with van der Waals surface area (Å²) in [4.78, 5) is 31.7. The fraction of sp³-hybridized carbons (Fsp3) is 0.704. The molecular weight excluding hydrogens is 398 g/mol. The lowest BCUT2D eigenvalue weighted by molar-refractivity contribution is -0.132. The first-order chi connectivity index (χ1) is 15.6. The number of carbonyl (C=O) groups excluding carboxylic acids is 2. The van der Waals surface area contributed by atoms with E-state index >= 15 is 0 Å². The Hall–Kier alpha value is -1.88. The molecule has 3 aliphatic rings. The Labute approximate surface area is 193 Å². The van der Waals surface area contributed by atoms with Gasteiger partial charge in [0.05, 0.1) is 0 Å². The molecule has 1 aliphatic carbocycles. The summed E-state index contributed by atoms with van der Waals surface area (Å²) in [6.45, 7) is 5.65. The molecule has 176 valence electrons. The molecule has 1 aromatic carbocycles. The normalized spacial score (nSPS) is 26.0. The van der Waals surface area contributed by atoms with Crippen molar-refractivity contribution in [2.24, 2.45) is 0 Å². The van der Waals surface area contributed by atoms with Gasteiger partial charge in [-0.25, -0.2) is 0 Å².